The summed E-state index contributed by atoms with van der Waals surface area (Å²) in [6.45, 7) is 15.4. The van der Waals surface area contributed by atoms with E-state index in [2.05, 4.69) is 53.7 Å². The summed E-state index contributed by atoms with van der Waals surface area (Å²) in [5.41, 5.74) is 1.70. The number of nitrogens with zero attached hydrogens (tertiary/aromatic N) is 1. The van der Waals surface area contributed by atoms with Gasteiger partial charge in [-0.1, -0.05) is 48.5 Å². The fraction of sp³-hybridized carbons (Fsp3) is 0.682. The summed E-state index contributed by atoms with van der Waals surface area (Å²) in [5.74, 6) is 0.570. The number of aromatic hydroxyl groups is 1. The maximum Gasteiger partial charge on any atom is 0.320 e. The zero-order valence-electron chi connectivity index (χ0n) is 18.2. The number of hydrogen-bond donors (Lipinski definition) is 2. The second-order valence-corrected chi connectivity index (χ2v) is 10.5. The van der Waals surface area contributed by atoms with Crippen molar-refractivity contribution in [2.75, 3.05) is 19.3 Å². The highest BCUT2D eigenvalue weighted by Crippen LogP contribution is 2.41. The number of hydrogen-bond acceptors (Lipinski definition) is 4. The van der Waals surface area contributed by atoms with Crippen LogP contribution in [0.25, 0.3) is 0 Å². The summed E-state index contributed by atoms with van der Waals surface area (Å²) in [7, 11) is 1.88. The molecule has 1 aromatic carbocycles. The Morgan fingerprint density at radius 2 is 1.59 bits per heavy atom. The molecule has 27 heavy (non-hydrogen) atoms. The van der Waals surface area contributed by atoms with Gasteiger partial charge in [-0.25, -0.2) is 0 Å². The highest BCUT2D eigenvalue weighted by Gasteiger charge is 2.26. The second-order valence-electron chi connectivity index (χ2n) is 9.31. The van der Waals surface area contributed by atoms with Gasteiger partial charge in [0.15, 0.2) is 0 Å². The molecule has 0 aliphatic rings. The van der Waals surface area contributed by atoms with E-state index in [1.54, 1.807) is 11.8 Å². The van der Waals surface area contributed by atoms with Crippen molar-refractivity contribution in [1.82, 2.24) is 4.90 Å². The molecule has 0 saturated carbocycles. The average Bonchev–Trinajstić information content (AvgIpc) is 2.50. The number of carboxylic acid groups (broad SMARTS) is 1. The summed E-state index contributed by atoms with van der Waals surface area (Å²) in [6.07, 6.45) is 1.53. The van der Waals surface area contributed by atoms with Crippen molar-refractivity contribution >= 4 is 17.7 Å². The van der Waals surface area contributed by atoms with Crippen molar-refractivity contribution in [2.24, 2.45) is 0 Å². The highest BCUT2D eigenvalue weighted by atomic mass is 32.2. The molecule has 1 unspecified atom stereocenters. The molecule has 1 aromatic rings. The van der Waals surface area contributed by atoms with E-state index in [1.807, 2.05) is 18.9 Å². The van der Waals surface area contributed by atoms with E-state index >= 15 is 0 Å². The van der Waals surface area contributed by atoms with Crippen LogP contribution in [0.15, 0.2) is 17.0 Å². The Bertz CT molecular complexity index is 609. The molecule has 1 rings (SSSR count). The lowest BCUT2D eigenvalue weighted by Crippen LogP contribution is -2.38. The first-order chi connectivity index (χ1) is 12.3. The first-order valence-electron chi connectivity index (χ1n) is 9.72. The summed E-state index contributed by atoms with van der Waals surface area (Å²) in [5, 5.41) is 20.0. The third-order valence-electron chi connectivity index (χ3n) is 4.83. The van der Waals surface area contributed by atoms with Crippen LogP contribution in [0.4, 0.5) is 0 Å². The van der Waals surface area contributed by atoms with Crippen molar-refractivity contribution in [1.29, 1.82) is 0 Å². The molecule has 0 heterocycles. The molecule has 154 valence electrons. The number of carbonyl (C=O) groups is 1. The molecule has 5 heteroatoms. The average molecular weight is 396 g/mol. The molecule has 2 N–H and O–H groups in total. The molecular weight excluding hydrogens is 358 g/mol. The Kier molecular flexibility index (Phi) is 8.24. The zero-order chi connectivity index (χ0) is 21.0. The number of rotatable bonds is 8. The fourth-order valence-corrected chi connectivity index (χ4v) is 4.08. The normalized spacial score (nSPS) is 13.8. The Balaban J connectivity index is 2.88. The number of aliphatic carboxylic acids is 1. The van der Waals surface area contributed by atoms with E-state index in [4.69, 9.17) is 0 Å². The second kappa shape index (κ2) is 9.33. The molecule has 0 aromatic heterocycles. The van der Waals surface area contributed by atoms with Crippen LogP contribution in [0.1, 0.15) is 72.4 Å². The predicted molar refractivity (Wildman–Crippen MR) is 115 cm³/mol. The Hall–Kier alpha value is -1.20. The minimum Gasteiger partial charge on any atom is -0.507 e. The van der Waals surface area contributed by atoms with Gasteiger partial charge in [0, 0.05) is 16.0 Å². The van der Waals surface area contributed by atoms with Gasteiger partial charge in [0.2, 0.25) is 0 Å². The first-order valence-corrected chi connectivity index (χ1v) is 10.7. The van der Waals surface area contributed by atoms with E-state index in [1.165, 1.54) is 0 Å². The Morgan fingerprint density at radius 1 is 1.11 bits per heavy atom. The molecule has 0 amide bonds. The van der Waals surface area contributed by atoms with Crippen molar-refractivity contribution in [3.63, 3.8) is 0 Å². The standard InChI is InChI=1S/C22H37NO3S/c1-9-18(20(25)26)23(8)11-10-12-27-15-13-16(21(2,3)4)19(24)17(14-15)22(5,6)7/h13-14,18,24H,9-12H2,1-8H3,(H,25,26). The molecule has 4 nitrogen and oxygen atoms in total. The third kappa shape index (κ3) is 6.72. The van der Waals surface area contributed by atoms with E-state index in [9.17, 15) is 15.0 Å². The lowest BCUT2D eigenvalue weighted by Gasteiger charge is -2.28. The van der Waals surface area contributed by atoms with Gasteiger partial charge in [-0.05, 0) is 55.1 Å². The third-order valence-corrected chi connectivity index (χ3v) is 5.89. The Morgan fingerprint density at radius 3 is 1.96 bits per heavy atom. The number of thioether (sulfide) groups is 1. The van der Waals surface area contributed by atoms with E-state index < -0.39 is 12.0 Å². The van der Waals surface area contributed by atoms with Gasteiger partial charge in [-0.2, -0.15) is 0 Å². The number of benzene rings is 1. The SMILES string of the molecule is CCC(C(=O)O)N(C)CCCSc1cc(C(C)(C)C)c(O)c(C(C)(C)C)c1. The van der Waals surface area contributed by atoms with Gasteiger partial charge >= 0.3 is 5.97 Å². The number of phenolic OH excluding ortho intramolecular Hbond substituents is 1. The number of phenols is 1. The molecule has 0 spiro atoms. The maximum absolute atomic E-state index is 11.3. The summed E-state index contributed by atoms with van der Waals surface area (Å²) < 4.78 is 0. The number of likely N-dealkylation sites (N-methyl/N-ethyl adjacent to an activating group) is 1. The molecule has 0 saturated heterocycles. The van der Waals surface area contributed by atoms with Crippen LogP contribution in [-0.2, 0) is 15.6 Å². The molecule has 0 fully saturated rings. The van der Waals surface area contributed by atoms with E-state index in [0.717, 1.165) is 34.7 Å². The van der Waals surface area contributed by atoms with E-state index in [0.29, 0.717) is 12.2 Å². The van der Waals surface area contributed by atoms with E-state index in [-0.39, 0.29) is 10.8 Å². The molecule has 0 aliphatic carbocycles. The minimum atomic E-state index is -0.754. The van der Waals surface area contributed by atoms with Crippen molar-refractivity contribution in [2.45, 2.75) is 83.1 Å². The van der Waals surface area contributed by atoms with Crippen molar-refractivity contribution < 1.29 is 15.0 Å². The van der Waals surface area contributed by atoms with Gasteiger partial charge in [-0.3, -0.25) is 9.69 Å². The van der Waals surface area contributed by atoms with Crippen molar-refractivity contribution in [3.05, 3.63) is 23.3 Å². The Labute approximate surface area is 169 Å². The fourth-order valence-electron chi connectivity index (χ4n) is 3.17. The van der Waals surface area contributed by atoms with Crippen LogP contribution >= 0.6 is 11.8 Å². The van der Waals surface area contributed by atoms with Gasteiger partial charge in [0.05, 0.1) is 0 Å². The van der Waals surface area contributed by atoms with Crippen molar-refractivity contribution in [3.8, 4) is 5.75 Å². The largest absolute Gasteiger partial charge is 0.507 e. The van der Waals surface area contributed by atoms with Gasteiger partial charge in [0.1, 0.15) is 11.8 Å². The van der Waals surface area contributed by atoms with Gasteiger partial charge in [0.25, 0.3) is 0 Å². The maximum atomic E-state index is 11.3. The minimum absolute atomic E-state index is 0.128. The predicted octanol–water partition coefficient (Wildman–Crippen LogP) is 5.26. The van der Waals surface area contributed by atoms with Crippen LogP contribution in [0.3, 0.4) is 0 Å². The molecule has 0 aliphatic heterocycles. The molecule has 0 bridgehead atoms. The smallest absolute Gasteiger partial charge is 0.320 e. The van der Waals surface area contributed by atoms with Crippen LogP contribution in [-0.4, -0.2) is 46.5 Å². The quantitative estimate of drug-likeness (QED) is 0.464. The van der Waals surface area contributed by atoms with Gasteiger partial charge in [-0.15, -0.1) is 11.8 Å². The number of carboxylic acids is 1. The molecule has 0 radical (unpaired) electrons. The molecular formula is C22H37NO3S. The summed E-state index contributed by atoms with van der Waals surface area (Å²) in [6, 6.07) is 3.79. The highest BCUT2D eigenvalue weighted by molar-refractivity contribution is 7.99. The summed E-state index contributed by atoms with van der Waals surface area (Å²) >= 11 is 1.77. The summed E-state index contributed by atoms with van der Waals surface area (Å²) in [4.78, 5) is 14.3. The first kappa shape index (κ1) is 23.8. The van der Waals surface area contributed by atoms with Gasteiger partial charge < -0.3 is 10.2 Å². The monoisotopic (exact) mass is 395 g/mol. The van der Waals surface area contributed by atoms with Crippen LogP contribution in [0.5, 0.6) is 5.75 Å². The lowest BCUT2D eigenvalue weighted by atomic mass is 9.79. The molecule has 1 atom stereocenters. The van der Waals surface area contributed by atoms with Crippen LogP contribution in [0.2, 0.25) is 0 Å². The lowest BCUT2D eigenvalue weighted by molar-refractivity contribution is -0.142. The topological polar surface area (TPSA) is 60.8 Å². The van der Waals surface area contributed by atoms with Crippen LogP contribution < -0.4 is 0 Å². The zero-order valence-corrected chi connectivity index (χ0v) is 19.0. The van der Waals surface area contributed by atoms with Crippen LogP contribution in [0, 0.1) is 0 Å².